The van der Waals surface area contributed by atoms with Gasteiger partial charge in [-0.3, -0.25) is 14.9 Å². The van der Waals surface area contributed by atoms with Crippen molar-refractivity contribution in [1.29, 1.82) is 5.26 Å². The van der Waals surface area contributed by atoms with Crippen LogP contribution in [0.1, 0.15) is 18.1 Å². The van der Waals surface area contributed by atoms with Crippen molar-refractivity contribution < 1.29 is 19.2 Å². The molecule has 0 aromatic heterocycles. The van der Waals surface area contributed by atoms with Gasteiger partial charge in [-0.05, 0) is 58.3 Å². The Bertz CT molecular complexity index is 1270. The number of nitro benzene ring substituents is 1. The highest BCUT2D eigenvalue weighted by atomic mass is 79.9. The molecule has 0 aliphatic heterocycles. The summed E-state index contributed by atoms with van der Waals surface area (Å²) in [6, 6.07) is 20.6. The van der Waals surface area contributed by atoms with Gasteiger partial charge in [0.25, 0.3) is 11.6 Å². The second-order valence-corrected chi connectivity index (χ2v) is 7.81. The number of rotatable bonds is 9. The summed E-state index contributed by atoms with van der Waals surface area (Å²) in [5.41, 5.74) is 1.61. The third-order valence-corrected chi connectivity index (χ3v) is 5.25. The lowest BCUT2D eigenvalue weighted by molar-refractivity contribution is -0.384. The van der Waals surface area contributed by atoms with Crippen LogP contribution < -0.4 is 14.8 Å². The van der Waals surface area contributed by atoms with Crippen LogP contribution in [0.2, 0.25) is 0 Å². The zero-order valence-electron chi connectivity index (χ0n) is 18.2. The molecule has 0 bridgehead atoms. The summed E-state index contributed by atoms with van der Waals surface area (Å²) in [4.78, 5) is 23.0. The van der Waals surface area contributed by atoms with Gasteiger partial charge in [-0.15, -0.1) is 0 Å². The summed E-state index contributed by atoms with van der Waals surface area (Å²) in [7, 11) is 0. The van der Waals surface area contributed by atoms with E-state index in [4.69, 9.17) is 9.47 Å². The first-order valence-corrected chi connectivity index (χ1v) is 11.0. The highest BCUT2D eigenvalue weighted by Crippen LogP contribution is 2.31. The Hall–Kier alpha value is -4.16. The van der Waals surface area contributed by atoms with Gasteiger partial charge in [0.05, 0.1) is 17.2 Å². The Morgan fingerprint density at radius 2 is 1.88 bits per heavy atom. The van der Waals surface area contributed by atoms with E-state index >= 15 is 0 Å². The maximum atomic E-state index is 12.6. The van der Waals surface area contributed by atoms with Gasteiger partial charge in [0, 0.05) is 16.6 Å². The quantitative estimate of drug-likeness (QED) is 0.162. The van der Waals surface area contributed by atoms with Crippen molar-refractivity contribution in [2.45, 2.75) is 13.5 Å². The molecule has 9 heteroatoms. The Balaban J connectivity index is 1.79. The average molecular weight is 522 g/mol. The van der Waals surface area contributed by atoms with Crippen LogP contribution in [-0.4, -0.2) is 17.4 Å². The topological polar surface area (TPSA) is 114 Å². The van der Waals surface area contributed by atoms with E-state index in [1.165, 1.54) is 24.3 Å². The SMILES string of the molecule is CCOc1cc(C=C(C#N)C(=O)Nc2ccc([N+](=O)[O-])cc2Br)ccc1OCc1ccccc1. The van der Waals surface area contributed by atoms with Gasteiger partial charge in [0.2, 0.25) is 0 Å². The number of benzene rings is 3. The second-order valence-electron chi connectivity index (χ2n) is 6.96. The van der Waals surface area contributed by atoms with E-state index in [9.17, 15) is 20.2 Å². The van der Waals surface area contributed by atoms with E-state index in [1.54, 1.807) is 18.2 Å². The Kier molecular flexibility index (Phi) is 8.37. The Labute approximate surface area is 204 Å². The Morgan fingerprint density at radius 1 is 1.12 bits per heavy atom. The van der Waals surface area contributed by atoms with Crippen LogP contribution in [0, 0.1) is 21.4 Å². The standard InChI is InChI=1S/C25H20BrN3O5/c1-2-33-24-13-18(8-11-23(24)34-16-17-6-4-3-5-7-17)12-19(15-27)25(30)28-22-10-9-20(29(31)32)14-21(22)26/h3-14H,2,16H2,1H3,(H,28,30). The third kappa shape index (κ3) is 6.43. The molecule has 0 spiro atoms. The fourth-order valence-corrected chi connectivity index (χ4v) is 3.43. The highest BCUT2D eigenvalue weighted by molar-refractivity contribution is 9.10. The van der Waals surface area contributed by atoms with Crippen molar-refractivity contribution in [3.63, 3.8) is 0 Å². The highest BCUT2D eigenvalue weighted by Gasteiger charge is 2.15. The van der Waals surface area contributed by atoms with E-state index in [-0.39, 0.29) is 11.3 Å². The van der Waals surface area contributed by atoms with Crippen molar-refractivity contribution >= 4 is 39.3 Å². The molecule has 0 atom stereocenters. The molecule has 34 heavy (non-hydrogen) atoms. The van der Waals surface area contributed by atoms with Gasteiger partial charge in [-0.1, -0.05) is 36.4 Å². The monoisotopic (exact) mass is 521 g/mol. The minimum Gasteiger partial charge on any atom is -0.490 e. The number of amides is 1. The summed E-state index contributed by atoms with van der Waals surface area (Å²) in [5, 5.41) is 23.0. The van der Waals surface area contributed by atoms with Crippen LogP contribution >= 0.6 is 15.9 Å². The van der Waals surface area contributed by atoms with Crippen molar-refractivity contribution in [2.75, 3.05) is 11.9 Å². The first-order valence-electron chi connectivity index (χ1n) is 10.2. The fraction of sp³-hybridized carbons (Fsp3) is 0.120. The number of nitro groups is 1. The van der Waals surface area contributed by atoms with Crippen LogP contribution in [0.4, 0.5) is 11.4 Å². The van der Waals surface area contributed by atoms with E-state index in [0.717, 1.165) is 5.56 Å². The number of hydrogen-bond donors (Lipinski definition) is 1. The average Bonchev–Trinajstić information content (AvgIpc) is 2.83. The molecule has 172 valence electrons. The summed E-state index contributed by atoms with van der Waals surface area (Å²) in [6.07, 6.45) is 1.43. The first kappa shape index (κ1) is 24.5. The number of hydrogen-bond acceptors (Lipinski definition) is 6. The zero-order valence-corrected chi connectivity index (χ0v) is 19.7. The van der Waals surface area contributed by atoms with Crippen LogP contribution in [0.25, 0.3) is 6.08 Å². The molecule has 1 amide bonds. The van der Waals surface area contributed by atoms with Gasteiger partial charge in [-0.25, -0.2) is 0 Å². The number of nitrogens with zero attached hydrogens (tertiary/aromatic N) is 2. The van der Waals surface area contributed by atoms with Crippen molar-refractivity contribution in [1.82, 2.24) is 0 Å². The number of carbonyl (C=O) groups excluding carboxylic acids is 1. The van der Waals surface area contributed by atoms with Crippen LogP contribution in [0.3, 0.4) is 0 Å². The lowest BCUT2D eigenvalue weighted by Gasteiger charge is -2.13. The molecular formula is C25H20BrN3O5. The van der Waals surface area contributed by atoms with E-state index in [1.807, 2.05) is 43.3 Å². The number of ether oxygens (including phenoxy) is 2. The van der Waals surface area contributed by atoms with Gasteiger partial charge in [0.15, 0.2) is 11.5 Å². The largest absolute Gasteiger partial charge is 0.490 e. The number of nitriles is 1. The van der Waals surface area contributed by atoms with E-state index in [2.05, 4.69) is 21.2 Å². The minimum absolute atomic E-state index is 0.126. The first-order chi connectivity index (χ1) is 16.4. The van der Waals surface area contributed by atoms with Crippen molar-refractivity contribution in [3.8, 4) is 17.6 Å². The molecule has 0 aliphatic carbocycles. The molecule has 3 rings (SSSR count). The second kappa shape index (κ2) is 11.6. The molecule has 0 aliphatic rings. The molecule has 0 unspecified atom stereocenters. The molecule has 0 saturated heterocycles. The molecule has 0 heterocycles. The lowest BCUT2D eigenvalue weighted by atomic mass is 10.1. The molecule has 8 nitrogen and oxygen atoms in total. The van der Waals surface area contributed by atoms with Crippen LogP contribution in [0.5, 0.6) is 11.5 Å². The maximum absolute atomic E-state index is 12.6. The maximum Gasteiger partial charge on any atom is 0.270 e. The molecule has 3 aromatic rings. The summed E-state index contributed by atoms with van der Waals surface area (Å²) in [5.74, 6) is 0.378. The molecule has 0 radical (unpaired) electrons. The summed E-state index contributed by atoms with van der Waals surface area (Å²) >= 11 is 3.20. The third-order valence-electron chi connectivity index (χ3n) is 4.59. The van der Waals surface area contributed by atoms with Gasteiger partial charge >= 0.3 is 0 Å². The van der Waals surface area contributed by atoms with E-state index in [0.29, 0.717) is 40.4 Å². The zero-order chi connectivity index (χ0) is 24.5. The predicted octanol–water partition coefficient (Wildman–Crippen LogP) is 5.88. The van der Waals surface area contributed by atoms with Crippen molar-refractivity contribution in [3.05, 3.63) is 98.0 Å². The minimum atomic E-state index is -0.653. The smallest absolute Gasteiger partial charge is 0.270 e. The molecule has 1 N–H and O–H groups in total. The number of anilines is 1. The van der Waals surface area contributed by atoms with Crippen LogP contribution in [-0.2, 0) is 11.4 Å². The molecule has 3 aromatic carbocycles. The van der Waals surface area contributed by atoms with Crippen LogP contribution in [0.15, 0.2) is 76.8 Å². The van der Waals surface area contributed by atoms with Gasteiger partial charge < -0.3 is 14.8 Å². The number of non-ortho nitro benzene ring substituents is 1. The Morgan fingerprint density at radius 3 is 2.53 bits per heavy atom. The number of carbonyl (C=O) groups is 1. The summed E-state index contributed by atoms with van der Waals surface area (Å²) in [6.45, 7) is 2.63. The predicted molar refractivity (Wildman–Crippen MR) is 131 cm³/mol. The molecule has 0 saturated carbocycles. The number of halogens is 1. The lowest BCUT2D eigenvalue weighted by Crippen LogP contribution is -2.14. The molecule has 0 fully saturated rings. The summed E-state index contributed by atoms with van der Waals surface area (Å²) < 4.78 is 11.9. The fourth-order valence-electron chi connectivity index (χ4n) is 2.96. The number of nitrogens with one attached hydrogen (secondary N) is 1. The van der Waals surface area contributed by atoms with Gasteiger partial charge in [0.1, 0.15) is 18.2 Å². The normalized spacial score (nSPS) is 10.8. The van der Waals surface area contributed by atoms with Gasteiger partial charge in [-0.2, -0.15) is 5.26 Å². The van der Waals surface area contributed by atoms with E-state index < -0.39 is 10.8 Å². The van der Waals surface area contributed by atoms with Crippen molar-refractivity contribution in [2.24, 2.45) is 0 Å². The molecular weight excluding hydrogens is 502 g/mol.